The van der Waals surface area contributed by atoms with Crippen molar-refractivity contribution < 1.29 is 9.53 Å². The fraction of sp³-hybridized carbons (Fsp3) is 0.467. The van der Waals surface area contributed by atoms with E-state index in [9.17, 15) is 4.79 Å². The van der Waals surface area contributed by atoms with Gasteiger partial charge in [0, 0.05) is 31.6 Å². The highest BCUT2D eigenvalue weighted by atomic mass is 16.5. The highest BCUT2D eigenvalue weighted by Gasteiger charge is 2.23. The number of aryl methyl sites for hydroxylation is 1. The number of nitrogens with zero attached hydrogens (tertiary/aromatic N) is 2. The summed E-state index contributed by atoms with van der Waals surface area (Å²) in [6.07, 6.45) is 2.14. The average molecular weight is 258 g/mol. The molecule has 0 saturated carbocycles. The molecule has 1 aromatic heterocycles. The summed E-state index contributed by atoms with van der Waals surface area (Å²) >= 11 is 0. The van der Waals surface area contributed by atoms with Gasteiger partial charge in [0.1, 0.15) is 5.78 Å². The number of aromatic nitrogens is 2. The molecule has 0 aliphatic carbocycles. The third-order valence-corrected chi connectivity index (χ3v) is 3.85. The third kappa shape index (κ3) is 2.40. The molecular weight excluding hydrogens is 240 g/mol. The van der Waals surface area contributed by atoms with Gasteiger partial charge < -0.3 is 4.74 Å². The fourth-order valence-electron chi connectivity index (χ4n) is 2.75. The lowest BCUT2D eigenvalue weighted by molar-refractivity contribution is -0.125. The van der Waals surface area contributed by atoms with E-state index in [1.165, 1.54) is 0 Å². The van der Waals surface area contributed by atoms with E-state index in [1.807, 2.05) is 36.0 Å². The first-order valence-corrected chi connectivity index (χ1v) is 6.77. The van der Waals surface area contributed by atoms with Gasteiger partial charge in [-0.3, -0.25) is 9.48 Å². The second-order valence-corrected chi connectivity index (χ2v) is 5.12. The molecule has 100 valence electrons. The standard InChI is InChI=1S/C15H18N2O2/c1-17-14-5-3-2-4-12(14)13(16-17)10-15(18)11-6-8-19-9-7-11/h2-5,11H,6-10H2,1H3. The third-order valence-electron chi connectivity index (χ3n) is 3.85. The van der Waals surface area contributed by atoms with E-state index in [-0.39, 0.29) is 5.92 Å². The second kappa shape index (κ2) is 5.13. The molecule has 4 heteroatoms. The summed E-state index contributed by atoms with van der Waals surface area (Å²) in [4.78, 5) is 12.3. The molecule has 0 radical (unpaired) electrons. The number of hydrogen-bond acceptors (Lipinski definition) is 3. The van der Waals surface area contributed by atoms with Gasteiger partial charge in [0.15, 0.2) is 0 Å². The highest BCUT2D eigenvalue weighted by molar-refractivity contribution is 5.89. The minimum Gasteiger partial charge on any atom is -0.381 e. The van der Waals surface area contributed by atoms with Crippen molar-refractivity contribution in [1.29, 1.82) is 0 Å². The first kappa shape index (κ1) is 12.4. The van der Waals surface area contributed by atoms with Crippen molar-refractivity contribution in [3.05, 3.63) is 30.0 Å². The molecule has 0 unspecified atom stereocenters. The number of benzene rings is 1. The van der Waals surface area contributed by atoms with Gasteiger partial charge >= 0.3 is 0 Å². The van der Waals surface area contributed by atoms with E-state index in [2.05, 4.69) is 5.10 Å². The maximum Gasteiger partial charge on any atom is 0.142 e. The summed E-state index contributed by atoms with van der Waals surface area (Å²) in [6.45, 7) is 1.42. The lowest BCUT2D eigenvalue weighted by Gasteiger charge is -2.20. The number of ketones is 1. The highest BCUT2D eigenvalue weighted by Crippen LogP contribution is 2.22. The van der Waals surface area contributed by atoms with Crippen molar-refractivity contribution in [3.63, 3.8) is 0 Å². The van der Waals surface area contributed by atoms with Crippen molar-refractivity contribution in [2.24, 2.45) is 13.0 Å². The molecule has 0 N–H and O–H groups in total. The van der Waals surface area contributed by atoms with E-state index in [0.717, 1.165) is 29.4 Å². The smallest absolute Gasteiger partial charge is 0.142 e. The predicted molar refractivity (Wildman–Crippen MR) is 73.0 cm³/mol. The number of Topliss-reactive ketones (excluding diaryl/α,β-unsaturated/α-hetero) is 1. The van der Waals surface area contributed by atoms with Crippen molar-refractivity contribution in [1.82, 2.24) is 9.78 Å². The molecule has 1 saturated heterocycles. The van der Waals surface area contributed by atoms with Crippen LogP contribution in [-0.4, -0.2) is 28.8 Å². The van der Waals surface area contributed by atoms with Gasteiger partial charge in [-0.2, -0.15) is 5.10 Å². The van der Waals surface area contributed by atoms with E-state index in [1.54, 1.807) is 0 Å². The number of carbonyl (C=O) groups is 1. The Labute approximate surface area is 112 Å². The quantitative estimate of drug-likeness (QED) is 0.847. The zero-order chi connectivity index (χ0) is 13.2. The monoisotopic (exact) mass is 258 g/mol. The number of rotatable bonds is 3. The summed E-state index contributed by atoms with van der Waals surface area (Å²) < 4.78 is 7.15. The predicted octanol–water partition coefficient (Wildman–Crippen LogP) is 2.11. The average Bonchev–Trinajstić information content (AvgIpc) is 2.77. The minimum absolute atomic E-state index is 0.148. The molecule has 0 atom stereocenters. The molecule has 0 amide bonds. The van der Waals surface area contributed by atoms with E-state index in [4.69, 9.17) is 4.74 Å². The van der Waals surface area contributed by atoms with Gasteiger partial charge in [0.25, 0.3) is 0 Å². The van der Waals surface area contributed by atoms with E-state index < -0.39 is 0 Å². The Morgan fingerprint density at radius 2 is 2.11 bits per heavy atom. The Morgan fingerprint density at radius 1 is 1.37 bits per heavy atom. The minimum atomic E-state index is 0.148. The number of fused-ring (bicyclic) bond motifs is 1. The van der Waals surface area contributed by atoms with Crippen LogP contribution in [-0.2, 0) is 23.0 Å². The molecule has 1 fully saturated rings. The molecule has 3 rings (SSSR count). The second-order valence-electron chi connectivity index (χ2n) is 5.12. The molecule has 1 aliphatic heterocycles. The Balaban J connectivity index is 1.83. The van der Waals surface area contributed by atoms with Gasteiger partial charge in [-0.25, -0.2) is 0 Å². The number of hydrogen-bond donors (Lipinski definition) is 0. The van der Waals surface area contributed by atoms with Crippen LogP contribution in [0.1, 0.15) is 18.5 Å². The van der Waals surface area contributed by atoms with Gasteiger partial charge in [-0.05, 0) is 18.9 Å². The molecular formula is C15H18N2O2. The number of para-hydroxylation sites is 1. The first-order valence-electron chi connectivity index (χ1n) is 6.77. The van der Waals surface area contributed by atoms with Crippen LogP contribution in [0, 0.1) is 5.92 Å². The Hall–Kier alpha value is -1.68. The lowest BCUT2D eigenvalue weighted by atomic mass is 9.92. The zero-order valence-electron chi connectivity index (χ0n) is 11.1. The van der Waals surface area contributed by atoms with Crippen molar-refractivity contribution in [3.8, 4) is 0 Å². The summed E-state index contributed by atoms with van der Waals surface area (Å²) in [5.41, 5.74) is 1.98. The number of carbonyl (C=O) groups excluding carboxylic acids is 1. The molecule has 2 heterocycles. The van der Waals surface area contributed by atoms with Crippen LogP contribution < -0.4 is 0 Å². The summed E-state index contributed by atoms with van der Waals surface area (Å²) in [5.74, 6) is 0.446. The first-order chi connectivity index (χ1) is 9.25. The number of ether oxygens (including phenoxy) is 1. The summed E-state index contributed by atoms with van der Waals surface area (Å²) in [7, 11) is 1.92. The maximum absolute atomic E-state index is 12.3. The van der Waals surface area contributed by atoms with Crippen molar-refractivity contribution in [2.75, 3.05) is 13.2 Å². The molecule has 4 nitrogen and oxygen atoms in total. The topological polar surface area (TPSA) is 44.1 Å². The molecule has 1 aromatic carbocycles. The van der Waals surface area contributed by atoms with Gasteiger partial charge in [0.2, 0.25) is 0 Å². The SMILES string of the molecule is Cn1nc(CC(=O)C2CCOCC2)c2ccccc21. The van der Waals surface area contributed by atoms with Crippen LogP contribution in [0.3, 0.4) is 0 Å². The largest absolute Gasteiger partial charge is 0.381 e. The normalized spacial score (nSPS) is 16.9. The lowest BCUT2D eigenvalue weighted by Crippen LogP contribution is -2.24. The fourth-order valence-corrected chi connectivity index (χ4v) is 2.75. The van der Waals surface area contributed by atoms with E-state index in [0.29, 0.717) is 25.4 Å². The molecule has 0 bridgehead atoms. The van der Waals surface area contributed by atoms with Crippen LogP contribution in [0.25, 0.3) is 10.9 Å². The maximum atomic E-state index is 12.3. The van der Waals surface area contributed by atoms with Crippen molar-refractivity contribution >= 4 is 16.7 Å². The summed E-state index contributed by atoms with van der Waals surface area (Å²) in [6, 6.07) is 8.06. The molecule has 0 spiro atoms. The Bertz CT molecular complexity index is 597. The van der Waals surface area contributed by atoms with Gasteiger partial charge in [-0.1, -0.05) is 18.2 Å². The Morgan fingerprint density at radius 3 is 2.89 bits per heavy atom. The summed E-state index contributed by atoms with van der Waals surface area (Å²) in [5, 5.41) is 5.58. The zero-order valence-corrected chi connectivity index (χ0v) is 11.1. The van der Waals surface area contributed by atoms with Crippen LogP contribution in [0.15, 0.2) is 24.3 Å². The van der Waals surface area contributed by atoms with Crippen molar-refractivity contribution in [2.45, 2.75) is 19.3 Å². The van der Waals surface area contributed by atoms with E-state index >= 15 is 0 Å². The van der Waals surface area contributed by atoms with Gasteiger partial charge in [0.05, 0.1) is 17.6 Å². The van der Waals surface area contributed by atoms with Crippen LogP contribution in [0.2, 0.25) is 0 Å². The molecule has 2 aromatic rings. The van der Waals surface area contributed by atoms with Crippen LogP contribution in [0.4, 0.5) is 0 Å². The molecule has 1 aliphatic rings. The Kier molecular flexibility index (Phi) is 3.34. The van der Waals surface area contributed by atoms with Gasteiger partial charge in [-0.15, -0.1) is 0 Å². The molecule has 19 heavy (non-hydrogen) atoms. The van der Waals surface area contributed by atoms with Crippen LogP contribution in [0.5, 0.6) is 0 Å². The van der Waals surface area contributed by atoms with Crippen LogP contribution >= 0.6 is 0 Å².